The third kappa shape index (κ3) is 2.25. The predicted molar refractivity (Wildman–Crippen MR) is 57.1 cm³/mol. The smallest absolute Gasteiger partial charge is 0.129 e. The zero-order valence-corrected chi connectivity index (χ0v) is 9.05. The van der Waals surface area contributed by atoms with Gasteiger partial charge in [-0.3, -0.25) is 0 Å². The number of thiazole rings is 1. The van der Waals surface area contributed by atoms with Crippen molar-refractivity contribution in [2.45, 2.75) is 12.5 Å². The SMILES string of the molecule is OC(Cc1c(F)cccc1F)c1nccs1. The molecule has 1 aromatic heterocycles. The molecule has 0 spiro atoms. The molecule has 84 valence electrons. The lowest BCUT2D eigenvalue weighted by Gasteiger charge is -2.09. The van der Waals surface area contributed by atoms with Crippen LogP contribution in [-0.4, -0.2) is 10.1 Å². The molecule has 1 heterocycles. The second-order valence-corrected chi connectivity index (χ2v) is 4.22. The normalized spacial score (nSPS) is 12.7. The Morgan fingerprint density at radius 3 is 2.56 bits per heavy atom. The van der Waals surface area contributed by atoms with Crippen LogP contribution in [0.4, 0.5) is 8.78 Å². The number of aliphatic hydroxyl groups excluding tert-OH is 1. The van der Waals surface area contributed by atoms with Gasteiger partial charge in [0.05, 0.1) is 0 Å². The summed E-state index contributed by atoms with van der Waals surface area (Å²) in [6.45, 7) is 0. The molecule has 2 aromatic rings. The van der Waals surface area contributed by atoms with Crippen LogP contribution in [0.15, 0.2) is 29.8 Å². The highest BCUT2D eigenvalue weighted by atomic mass is 32.1. The topological polar surface area (TPSA) is 33.1 Å². The van der Waals surface area contributed by atoms with Gasteiger partial charge >= 0.3 is 0 Å². The standard InChI is InChI=1S/C11H9F2NOS/c12-8-2-1-3-9(13)7(8)6-10(15)11-14-4-5-16-11/h1-5,10,15H,6H2. The lowest BCUT2D eigenvalue weighted by molar-refractivity contribution is 0.175. The van der Waals surface area contributed by atoms with Gasteiger partial charge in [-0.05, 0) is 12.1 Å². The summed E-state index contributed by atoms with van der Waals surface area (Å²) in [5, 5.41) is 11.9. The first-order chi connectivity index (χ1) is 7.68. The summed E-state index contributed by atoms with van der Waals surface area (Å²) in [4.78, 5) is 3.90. The molecule has 0 saturated heterocycles. The molecule has 0 aliphatic heterocycles. The number of hydrogen-bond acceptors (Lipinski definition) is 3. The molecule has 0 aliphatic carbocycles. The molecule has 1 unspecified atom stereocenters. The summed E-state index contributed by atoms with van der Waals surface area (Å²) in [7, 11) is 0. The minimum Gasteiger partial charge on any atom is -0.386 e. The summed E-state index contributed by atoms with van der Waals surface area (Å²) in [6, 6.07) is 3.64. The molecular formula is C11H9F2NOS. The number of aliphatic hydroxyl groups is 1. The monoisotopic (exact) mass is 241 g/mol. The second kappa shape index (κ2) is 4.67. The fourth-order valence-electron chi connectivity index (χ4n) is 1.41. The van der Waals surface area contributed by atoms with Gasteiger partial charge in [-0.2, -0.15) is 0 Å². The van der Waals surface area contributed by atoms with Crippen molar-refractivity contribution >= 4 is 11.3 Å². The first kappa shape index (κ1) is 11.2. The van der Waals surface area contributed by atoms with Gasteiger partial charge < -0.3 is 5.11 Å². The Balaban J connectivity index is 2.21. The largest absolute Gasteiger partial charge is 0.386 e. The van der Waals surface area contributed by atoms with Crippen LogP contribution in [0.1, 0.15) is 16.7 Å². The fraction of sp³-hybridized carbons (Fsp3) is 0.182. The molecule has 0 amide bonds. The lowest BCUT2D eigenvalue weighted by atomic mass is 10.1. The van der Waals surface area contributed by atoms with Crippen molar-refractivity contribution in [2.75, 3.05) is 0 Å². The molecule has 0 radical (unpaired) electrons. The number of nitrogens with zero attached hydrogens (tertiary/aromatic N) is 1. The third-order valence-corrected chi connectivity index (χ3v) is 3.07. The highest BCUT2D eigenvalue weighted by Gasteiger charge is 2.16. The van der Waals surface area contributed by atoms with E-state index >= 15 is 0 Å². The van der Waals surface area contributed by atoms with Crippen LogP contribution in [0.2, 0.25) is 0 Å². The highest BCUT2D eigenvalue weighted by Crippen LogP contribution is 2.23. The van der Waals surface area contributed by atoms with E-state index in [-0.39, 0.29) is 12.0 Å². The Bertz CT molecular complexity index is 453. The predicted octanol–water partition coefficient (Wildman–Crippen LogP) is 2.70. The van der Waals surface area contributed by atoms with E-state index in [1.807, 2.05) is 0 Å². The van der Waals surface area contributed by atoms with Crippen molar-refractivity contribution in [3.63, 3.8) is 0 Å². The molecule has 16 heavy (non-hydrogen) atoms. The minimum atomic E-state index is -0.966. The number of hydrogen-bond donors (Lipinski definition) is 1. The maximum atomic E-state index is 13.3. The number of aromatic nitrogens is 1. The second-order valence-electron chi connectivity index (χ2n) is 3.29. The lowest BCUT2D eigenvalue weighted by Crippen LogP contribution is -2.05. The number of rotatable bonds is 3. The van der Waals surface area contributed by atoms with Gasteiger partial charge in [0.15, 0.2) is 0 Å². The molecule has 1 aromatic carbocycles. The zero-order chi connectivity index (χ0) is 11.5. The number of halogens is 2. The van der Waals surface area contributed by atoms with Crippen molar-refractivity contribution in [2.24, 2.45) is 0 Å². The summed E-state index contributed by atoms with van der Waals surface area (Å²) >= 11 is 1.26. The van der Waals surface area contributed by atoms with Gasteiger partial charge in [-0.1, -0.05) is 6.07 Å². The van der Waals surface area contributed by atoms with Crippen molar-refractivity contribution in [3.05, 3.63) is 52.0 Å². The van der Waals surface area contributed by atoms with Crippen LogP contribution < -0.4 is 0 Å². The first-order valence-electron chi connectivity index (χ1n) is 4.69. The quantitative estimate of drug-likeness (QED) is 0.896. The van der Waals surface area contributed by atoms with Crippen LogP contribution in [0.5, 0.6) is 0 Å². The van der Waals surface area contributed by atoms with E-state index in [4.69, 9.17) is 0 Å². The molecule has 1 N–H and O–H groups in total. The fourth-order valence-corrected chi connectivity index (χ4v) is 2.03. The molecule has 0 saturated carbocycles. The van der Waals surface area contributed by atoms with Crippen LogP contribution in [0.3, 0.4) is 0 Å². The zero-order valence-electron chi connectivity index (χ0n) is 8.23. The van der Waals surface area contributed by atoms with E-state index in [2.05, 4.69) is 4.98 Å². The summed E-state index contributed by atoms with van der Waals surface area (Å²) in [5.41, 5.74) is -0.106. The molecule has 0 bridgehead atoms. The van der Waals surface area contributed by atoms with Gasteiger partial charge in [-0.25, -0.2) is 13.8 Å². The van der Waals surface area contributed by atoms with Crippen LogP contribution >= 0.6 is 11.3 Å². The van der Waals surface area contributed by atoms with Crippen LogP contribution in [0, 0.1) is 11.6 Å². The average molecular weight is 241 g/mol. The van der Waals surface area contributed by atoms with Gasteiger partial charge in [0.2, 0.25) is 0 Å². The molecule has 2 nitrogen and oxygen atoms in total. The molecule has 1 atom stereocenters. The molecule has 0 aliphatic rings. The molecule has 0 fully saturated rings. The van der Waals surface area contributed by atoms with Gasteiger partial charge in [0.25, 0.3) is 0 Å². The molecule has 5 heteroatoms. The maximum Gasteiger partial charge on any atom is 0.129 e. The van der Waals surface area contributed by atoms with E-state index in [9.17, 15) is 13.9 Å². The summed E-state index contributed by atoms with van der Waals surface area (Å²) in [6.07, 6.45) is 0.471. The van der Waals surface area contributed by atoms with Gasteiger partial charge in [0, 0.05) is 23.6 Å². The van der Waals surface area contributed by atoms with E-state index in [0.717, 1.165) is 0 Å². The van der Waals surface area contributed by atoms with Crippen LogP contribution in [0.25, 0.3) is 0 Å². The maximum absolute atomic E-state index is 13.3. The van der Waals surface area contributed by atoms with E-state index in [1.54, 1.807) is 11.6 Å². The average Bonchev–Trinajstić information content (AvgIpc) is 2.76. The summed E-state index contributed by atoms with van der Waals surface area (Å²) in [5.74, 6) is -1.29. The minimum absolute atomic E-state index is 0.105. The molecule has 2 rings (SSSR count). The van der Waals surface area contributed by atoms with Crippen molar-refractivity contribution in [1.29, 1.82) is 0 Å². The van der Waals surface area contributed by atoms with E-state index < -0.39 is 17.7 Å². The Morgan fingerprint density at radius 1 is 1.31 bits per heavy atom. The Morgan fingerprint density at radius 2 is 2.00 bits per heavy atom. The van der Waals surface area contributed by atoms with Gasteiger partial charge in [-0.15, -0.1) is 11.3 Å². The number of benzene rings is 1. The first-order valence-corrected chi connectivity index (χ1v) is 5.57. The highest BCUT2D eigenvalue weighted by molar-refractivity contribution is 7.09. The van der Waals surface area contributed by atoms with Crippen LogP contribution in [-0.2, 0) is 6.42 Å². The Labute approximate surface area is 95.2 Å². The van der Waals surface area contributed by atoms with E-state index in [1.165, 1.54) is 29.5 Å². The van der Waals surface area contributed by atoms with Crippen molar-refractivity contribution < 1.29 is 13.9 Å². The Hall–Kier alpha value is -1.33. The third-order valence-electron chi connectivity index (χ3n) is 2.20. The van der Waals surface area contributed by atoms with Gasteiger partial charge in [0.1, 0.15) is 22.7 Å². The van der Waals surface area contributed by atoms with Crippen molar-refractivity contribution in [1.82, 2.24) is 4.98 Å². The van der Waals surface area contributed by atoms with E-state index in [0.29, 0.717) is 5.01 Å². The van der Waals surface area contributed by atoms with Crippen molar-refractivity contribution in [3.8, 4) is 0 Å². The summed E-state index contributed by atoms with van der Waals surface area (Å²) < 4.78 is 26.6. The Kier molecular flexibility index (Phi) is 3.26. The molecular weight excluding hydrogens is 232 g/mol.